The van der Waals surface area contributed by atoms with Gasteiger partial charge in [0.2, 0.25) is 0 Å². The molecule has 1 aromatic carbocycles. The van der Waals surface area contributed by atoms with Crippen LogP contribution in [0, 0.1) is 11.2 Å². The maximum Gasteiger partial charge on any atom is 0.193 e. The molecule has 1 atom stereocenters. The molecular formula is C20H28FN3O. The lowest BCUT2D eigenvalue weighted by atomic mass is 9.87. The number of nitrogens with one attached hydrogen (secondary N) is 1. The first-order valence-electron chi connectivity index (χ1n) is 9.53. The van der Waals surface area contributed by atoms with Crippen LogP contribution < -0.4 is 5.32 Å². The third-order valence-corrected chi connectivity index (χ3v) is 6.09. The molecule has 1 unspecified atom stereocenters. The van der Waals surface area contributed by atoms with Crippen molar-refractivity contribution in [2.75, 3.05) is 39.4 Å². The minimum absolute atomic E-state index is 0.0940. The highest BCUT2D eigenvalue weighted by Gasteiger charge is 2.46. The second-order valence-corrected chi connectivity index (χ2v) is 7.90. The molecule has 4 rings (SSSR count). The van der Waals surface area contributed by atoms with Crippen LogP contribution in [0.2, 0.25) is 0 Å². The molecule has 2 heterocycles. The van der Waals surface area contributed by atoms with Gasteiger partial charge in [-0.25, -0.2) is 4.39 Å². The minimum Gasteiger partial charge on any atom is -0.381 e. The van der Waals surface area contributed by atoms with E-state index in [2.05, 4.69) is 17.1 Å². The Balaban J connectivity index is 1.49. The molecule has 2 aliphatic heterocycles. The molecule has 3 aliphatic rings. The van der Waals surface area contributed by atoms with Gasteiger partial charge in [-0.3, -0.25) is 4.99 Å². The number of guanidine groups is 1. The van der Waals surface area contributed by atoms with E-state index in [1.54, 1.807) is 12.1 Å². The summed E-state index contributed by atoms with van der Waals surface area (Å²) >= 11 is 0. The fourth-order valence-corrected chi connectivity index (χ4v) is 4.29. The number of nitrogens with zero attached hydrogens (tertiary/aromatic N) is 2. The van der Waals surface area contributed by atoms with E-state index >= 15 is 0 Å². The summed E-state index contributed by atoms with van der Waals surface area (Å²) in [5.74, 6) is 0.886. The van der Waals surface area contributed by atoms with E-state index in [1.807, 2.05) is 12.1 Å². The molecule has 1 saturated carbocycles. The van der Waals surface area contributed by atoms with Gasteiger partial charge in [-0.1, -0.05) is 18.2 Å². The van der Waals surface area contributed by atoms with Crippen LogP contribution in [-0.2, 0) is 10.2 Å². The summed E-state index contributed by atoms with van der Waals surface area (Å²) in [6, 6.07) is 7.17. The van der Waals surface area contributed by atoms with Gasteiger partial charge in [0.15, 0.2) is 5.96 Å². The van der Waals surface area contributed by atoms with Crippen LogP contribution in [0.15, 0.2) is 29.3 Å². The zero-order valence-electron chi connectivity index (χ0n) is 15.1. The molecule has 1 aromatic rings. The summed E-state index contributed by atoms with van der Waals surface area (Å²) in [6.45, 7) is 7.43. The minimum atomic E-state index is -0.0973. The Morgan fingerprint density at radius 1 is 1.28 bits per heavy atom. The maximum atomic E-state index is 14.2. The monoisotopic (exact) mass is 345 g/mol. The Labute approximate surface area is 149 Å². The van der Waals surface area contributed by atoms with Crippen LogP contribution in [0.1, 0.15) is 38.2 Å². The summed E-state index contributed by atoms with van der Waals surface area (Å²) in [5.41, 5.74) is 1.05. The number of hydrogen-bond donors (Lipinski definition) is 1. The van der Waals surface area contributed by atoms with Gasteiger partial charge in [0, 0.05) is 37.1 Å². The fourth-order valence-electron chi connectivity index (χ4n) is 4.29. The second kappa shape index (κ2) is 6.60. The number of halogens is 1. The first-order chi connectivity index (χ1) is 12.2. The average Bonchev–Trinajstić information content (AvgIpc) is 3.08. The van der Waals surface area contributed by atoms with Crippen molar-refractivity contribution in [2.45, 2.75) is 38.0 Å². The van der Waals surface area contributed by atoms with Gasteiger partial charge in [0.1, 0.15) is 5.82 Å². The lowest BCUT2D eigenvalue weighted by molar-refractivity contribution is 0.156. The van der Waals surface area contributed by atoms with Crippen molar-refractivity contribution in [1.82, 2.24) is 10.2 Å². The molecule has 5 heteroatoms. The maximum absolute atomic E-state index is 14.2. The van der Waals surface area contributed by atoms with E-state index in [1.165, 1.54) is 6.42 Å². The van der Waals surface area contributed by atoms with E-state index < -0.39 is 0 Å². The molecule has 25 heavy (non-hydrogen) atoms. The molecule has 0 amide bonds. The summed E-state index contributed by atoms with van der Waals surface area (Å²) < 4.78 is 19.8. The molecule has 1 N–H and O–H groups in total. The van der Waals surface area contributed by atoms with Gasteiger partial charge in [0.25, 0.3) is 0 Å². The predicted molar refractivity (Wildman–Crippen MR) is 97.3 cm³/mol. The molecule has 2 saturated heterocycles. The number of aliphatic imine (C=N–C) groups is 1. The third kappa shape index (κ3) is 3.26. The van der Waals surface area contributed by atoms with Crippen LogP contribution >= 0.6 is 0 Å². The third-order valence-electron chi connectivity index (χ3n) is 6.09. The highest BCUT2D eigenvalue weighted by Crippen LogP contribution is 2.49. The quantitative estimate of drug-likeness (QED) is 0.673. The predicted octanol–water partition coefficient (Wildman–Crippen LogP) is 2.94. The summed E-state index contributed by atoms with van der Waals surface area (Å²) in [4.78, 5) is 7.30. The van der Waals surface area contributed by atoms with Gasteiger partial charge < -0.3 is 15.0 Å². The molecule has 0 aromatic heterocycles. The van der Waals surface area contributed by atoms with Crippen molar-refractivity contribution in [3.05, 3.63) is 35.6 Å². The van der Waals surface area contributed by atoms with Gasteiger partial charge in [-0.05, 0) is 44.2 Å². The molecule has 0 radical (unpaired) electrons. The number of likely N-dealkylation sites (tertiary alicyclic amines) is 1. The Bertz CT molecular complexity index is 650. The lowest BCUT2D eigenvalue weighted by Crippen LogP contribution is -2.42. The topological polar surface area (TPSA) is 36.9 Å². The van der Waals surface area contributed by atoms with Gasteiger partial charge >= 0.3 is 0 Å². The standard InChI is InChI=1S/C20H28FN3O/c1-2-22-18(24-11-9-19(14-24)10-12-25-15-19)23-13-20(7-8-20)16-5-3-4-6-17(16)21/h3-6H,2,7-15H2,1H3,(H,22,23). The van der Waals surface area contributed by atoms with Crippen molar-refractivity contribution in [3.63, 3.8) is 0 Å². The van der Waals surface area contributed by atoms with Crippen LogP contribution in [-0.4, -0.2) is 50.3 Å². The highest BCUT2D eigenvalue weighted by atomic mass is 19.1. The van der Waals surface area contributed by atoms with Crippen molar-refractivity contribution in [2.24, 2.45) is 10.4 Å². The van der Waals surface area contributed by atoms with Gasteiger partial charge in [-0.15, -0.1) is 0 Å². The van der Waals surface area contributed by atoms with Crippen LogP contribution in [0.25, 0.3) is 0 Å². The second-order valence-electron chi connectivity index (χ2n) is 7.90. The van der Waals surface area contributed by atoms with E-state index in [0.29, 0.717) is 12.0 Å². The van der Waals surface area contributed by atoms with E-state index in [4.69, 9.17) is 9.73 Å². The Morgan fingerprint density at radius 3 is 2.80 bits per heavy atom. The van der Waals surface area contributed by atoms with Gasteiger partial charge in [-0.2, -0.15) is 0 Å². The smallest absolute Gasteiger partial charge is 0.193 e. The number of ether oxygens (including phenoxy) is 1. The normalized spacial score (nSPS) is 27.9. The van der Waals surface area contributed by atoms with E-state index in [-0.39, 0.29) is 11.2 Å². The van der Waals surface area contributed by atoms with E-state index in [9.17, 15) is 4.39 Å². The van der Waals surface area contributed by atoms with Crippen molar-refractivity contribution in [3.8, 4) is 0 Å². The Morgan fingerprint density at radius 2 is 2.12 bits per heavy atom. The van der Waals surface area contributed by atoms with E-state index in [0.717, 1.165) is 63.6 Å². The molecule has 3 fully saturated rings. The molecule has 1 spiro atoms. The van der Waals surface area contributed by atoms with Crippen LogP contribution in [0.3, 0.4) is 0 Å². The molecule has 1 aliphatic carbocycles. The highest BCUT2D eigenvalue weighted by molar-refractivity contribution is 5.80. The number of rotatable bonds is 4. The molecule has 4 nitrogen and oxygen atoms in total. The summed E-state index contributed by atoms with van der Waals surface area (Å²) in [6.07, 6.45) is 4.38. The zero-order chi connectivity index (χ0) is 17.3. The average molecular weight is 345 g/mol. The molecular weight excluding hydrogens is 317 g/mol. The van der Waals surface area contributed by atoms with Crippen LogP contribution in [0.5, 0.6) is 0 Å². The largest absolute Gasteiger partial charge is 0.381 e. The van der Waals surface area contributed by atoms with Gasteiger partial charge in [0.05, 0.1) is 13.2 Å². The lowest BCUT2D eigenvalue weighted by Gasteiger charge is -2.25. The Kier molecular flexibility index (Phi) is 4.44. The summed E-state index contributed by atoms with van der Waals surface area (Å²) in [5, 5.41) is 3.44. The Hall–Kier alpha value is -1.62. The fraction of sp³-hybridized carbons (Fsp3) is 0.650. The molecule has 0 bridgehead atoms. The molecule has 136 valence electrons. The first kappa shape index (κ1) is 16.8. The number of hydrogen-bond acceptors (Lipinski definition) is 2. The number of benzene rings is 1. The SMILES string of the molecule is CCNC(=NCC1(c2ccccc2F)CC1)N1CCC2(CCOC2)C1. The van der Waals surface area contributed by atoms with Crippen LogP contribution in [0.4, 0.5) is 4.39 Å². The van der Waals surface area contributed by atoms with Crippen molar-refractivity contribution < 1.29 is 9.13 Å². The zero-order valence-corrected chi connectivity index (χ0v) is 15.1. The van der Waals surface area contributed by atoms with Crippen molar-refractivity contribution >= 4 is 5.96 Å². The summed E-state index contributed by atoms with van der Waals surface area (Å²) in [7, 11) is 0. The first-order valence-corrected chi connectivity index (χ1v) is 9.53. The van der Waals surface area contributed by atoms with Crippen molar-refractivity contribution in [1.29, 1.82) is 0 Å².